The number of halogens is 1. The third kappa shape index (κ3) is 6.33. The van der Waals surface area contributed by atoms with Crippen molar-refractivity contribution >= 4 is 17.1 Å². The molecule has 0 saturated carbocycles. The van der Waals surface area contributed by atoms with E-state index in [1.807, 2.05) is 32.9 Å². The number of carboxylic acid groups (broad SMARTS) is 1. The second-order valence-corrected chi connectivity index (χ2v) is 8.69. The van der Waals surface area contributed by atoms with Crippen LogP contribution in [0.3, 0.4) is 0 Å². The summed E-state index contributed by atoms with van der Waals surface area (Å²) in [6.07, 6.45) is 6.71. The first kappa shape index (κ1) is 24.4. The molecule has 0 radical (unpaired) electrons. The quantitative estimate of drug-likeness (QED) is 0.359. The molecular formula is C26H33FO4. The lowest BCUT2D eigenvalue weighted by Gasteiger charge is -2.33. The highest BCUT2D eigenvalue weighted by Gasteiger charge is 2.29. The number of hydrogen-bond donors (Lipinski definition) is 1. The molecule has 1 heterocycles. The van der Waals surface area contributed by atoms with Gasteiger partial charge in [-0.15, -0.1) is 0 Å². The minimum Gasteiger partial charge on any atom is -0.493 e. The Bertz CT molecular complexity index is 962. The molecule has 5 heteroatoms. The van der Waals surface area contributed by atoms with Crippen molar-refractivity contribution in [3.05, 3.63) is 59.0 Å². The normalized spacial score (nSPS) is 16.5. The Morgan fingerprint density at radius 3 is 2.52 bits per heavy atom. The summed E-state index contributed by atoms with van der Waals surface area (Å²) in [5.74, 6) is 0.0565. The first-order valence-corrected chi connectivity index (χ1v) is 10.6. The van der Waals surface area contributed by atoms with Crippen LogP contribution in [0.5, 0.6) is 11.5 Å². The molecule has 168 valence electrons. The molecule has 1 aromatic rings. The Morgan fingerprint density at radius 1 is 1.26 bits per heavy atom. The van der Waals surface area contributed by atoms with E-state index in [4.69, 9.17) is 14.6 Å². The summed E-state index contributed by atoms with van der Waals surface area (Å²) in [7, 11) is 0. The van der Waals surface area contributed by atoms with E-state index < -0.39 is 17.4 Å². The summed E-state index contributed by atoms with van der Waals surface area (Å²) >= 11 is 0. The Kier molecular flexibility index (Phi) is 7.88. The van der Waals surface area contributed by atoms with Gasteiger partial charge in [-0.05, 0) is 75.0 Å². The molecule has 0 atom stereocenters. The van der Waals surface area contributed by atoms with E-state index in [0.29, 0.717) is 29.1 Å². The van der Waals surface area contributed by atoms with Gasteiger partial charge in [0.15, 0.2) is 0 Å². The van der Waals surface area contributed by atoms with Crippen LogP contribution >= 0.6 is 0 Å². The number of benzene rings is 1. The van der Waals surface area contributed by atoms with Crippen LogP contribution in [0.4, 0.5) is 4.39 Å². The van der Waals surface area contributed by atoms with Crippen LogP contribution in [-0.2, 0) is 4.79 Å². The molecule has 1 aromatic carbocycles. The van der Waals surface area contributed by atoms with Gasteiger partial charge in [-0.3, -0.25) is 0 Å². The average Bonchev–Trinajstić information content (AvgIpc) is 2.67. The number of rotatable bonds is 8. The molecular weight excluding hydrogens is 395 g/mol. The van der Waals surface area contributed by atoms with Crippen LogP contribution in [0.25, 0.3) is 11.1 Å². The molecule has 0 spiro atoms. The number of hydrogen-bond acceptors (Lipinski definition) is 3. The minimum atomic E-state index is -1.07. The van der Waals surface area contributed by atoms with Gasteiger partial charge in [0.2, 0.25) is 0 Å². The van der Waals surface area contributed by atoms with Gasteiger partial charge >= 0.3 is 5.97 Å². The zero-order valence-corrected chi connectivity index (χ0v) is 19.5. The number of carbonyl (C=O) groups is 1. The summed E-state index contributed by atoms with van der Waals surface area (Å²) in [6.45, 7) is 14.1. The van der Waals surface area contributed by atoms with Gasteiger partial charge in [-0.25, -0.2) is 9.18 Å². The fourth-order valence-electron chi connectivity index (χ4n) is 3.44. The number of aliphatic carboxylic acids is 1. The van der Waals surface area contributed by atoms with Crippen molar-refractivity contribution in [1.82, 2.24) is 0 Å². The van der Waals surface area contributed by atoms with Crippen molar-refractivity contribution in [1.29, 1.82) is 0 Å². The van der Waals surface area contributed by atoms with E-state index in [9.17, 15) is 4.79 Å². The first-order chi connectivity index (χ1) is 14.4. The molecule has 1 N–H and O–H groups in total. The van der Waals surface area contributed by atoms with E-state index in [1.165, 1.54) is 12.2 Å². The summed E-state index contributed by atoms with van der Waals surface area (Å²) < 4.78 is 27.2. The van der Waals surface area contributed by atoms with Gasteiger partial charge in [-0.2, -0.15) is 0 Å². The first-order valence-electron chi connectivity index (χ1n) is 10.6. The third-order valence-electron chi connectivity index (χ3n) is 4.96. The lowest BCUT2D eigenvalue weighted by atomic mass is 9.86. The van der Waals surface area contributed by atoms with E-state index in [1.54, 1.807) is 13.8 Å². The van der Waals surface area contributed by atoms with Crippen LogP contribution in [0.1, 0.15) is 66.0 Å². The number of carboxylic acids is 1. The van der Waals surface area contributed by atoms with E-state index >= 15 is 4.39 Å². The second kappa shape index (κ2) is 9.99. The van der Waals surface area contributed by atoms with Crippen LogP contribution < -0.4 is 9.47 Å². The highest BCUT2D eigenvalue weighted by molar-refractivity contribution is 5.82. The number of fused-ring (bicyclic) bond motifs is 1. The van der Waals surface area contributed by atoms with Gasteiger partial charge in [0, 0.05) is 23.3 Å². The maximum Gasteiger partial charge on any atom is 0.328 e. The van der Waals surface area contributed by atoms with Crippen molar-refractivity contribution in [2.45, 2.75) is 60.5 Å². The van der Waals surface area contributed by atoms with Crippen LogP contribution in [0.15, 0.2) is 47.8 Å². The minimum absolute atomic E-state index is 0.273. The molecule has 0 unspecified atom stereocenters. The van der Waals surface area contributed by atoms with Crippen LogP contribution in [-0.4, -0.2) is 23.3 Å². The molecule has 2 rings (SSSR count). The van der Waals surface area contributed by atoms with E-state index in [2.05, 4.69) is 19.9 Å². The van der Waals surface area contributed by atoms with Crippen molar-refractivity contribution in [2.24, 2.45) is 5.92 Å². The molecule has 31 heavy (non-hydrogen) atoms. The molecule has 4 nitrogen and oxygen atoms in total. The van der Waals surface area contributed by atoms with Gasteiger partial charge in [0.05, 0.1) is 6.61 Å². The second-order valence-electron chi connectivity index (χ2n) is 8.69. The maximum atomic E-state index is 15.0. The predicted molar refractivity (Wildman–Crippen MR) is 124 cm³/mol. The highest BCUT2D eigenvalue weighted by Crippen LogP contribution is 2.44. The fraction of sp³-hybridized carbons (Fsp3) is 0.423. The monoisotopic (exact) mass is 428 g/mol. The molecule has 0 aromatic heterocycles. The maximum absolute atomic E-state index is 15.0. The average molecular weight is 429 g/mol. The lowest BCUT2D eigenvalue weighted by Crippen LogP contribution is -2.30. The molecule has 1 aliphatic rings. The van der Waals surface area contributed by atoms with Crippen molar-refractivity contribution in [3.8, 4) is 11.5 Å². The van der Waals surface area contributed by atoms with E-state index in [0.717, 1.165) is 29.4 Å². The Balaban J connectivity index is 2.61. The molecule has 0 fully saturated rings. The standard InChI is InChI=1S/C26H33FO4/c1-8-11-30-23-14-24-20(21(16(2)3)15-26(6,7)31-24)13-19(23)18(5)22(27)10-9-17(4)12-25(28)29/h9-10,12-16H,8,11H2,1-7H3,(H,28,29). The van der Waals surface area contributed by atoms with Crippen molar-refractivity contribution in [3.63, 3.8) is 0 Å². The number of ether oxygens (including phenoxy) is 2. The van der Waals surface area contributed by atoms with E-state index in [-0.39, 0.29) is 5.92 Å². The van der Waals surface area contributed by atoms with Crippen molar-refractivity contribution in [2.75, 3.05) is 6.61 Å². The molecule has 0 bridgehead atoms. The van der Waals surface area contributed by atoms with Crippen LogP contribution in [0, 0.1) is 5.92 Å². The molecule has 0 saturated heterocycles. The summed E-state index contributed by atoms with van der Waals surface area (Å²) in [4.78, 5) is 10.8. The lowest BCUT2D eigenvalue weighted by molar-refractivity contribution is -0.131. The smallest absolute Gasteiger partial charge is 0.328 e. The molecule has 0 amide bonds. The Morgan fingerprint density at radius 2 is 1.94 bits per heavy atom. The van der Waals surface area contributed by atoms with Gasteiger partial charge < -0.3 is 14.6 Å². The summed E-state index contributed by atoms with van der Waals surface area (Å²) in [5, 5.41) is 8.82. The fourth-order valence-corrected chi connectivity index (χ4v) is 3.44. The third-order valence-corrected chi connectivity index (χ3v) is 4.96. The largest absolute Gasteiger partial charge is 0.493 e. The topological polar surface area (TPSA) is 55.8 Å². The number of allylic oxidation sites excluding steroid dienone is 6. The van der Waals surface area contributed by atoms with Gasteiger partial charge in [-0.1, -0.05) is 26.8 Å². The summed E-state index contributed by atoms with van der Waals surface area (Å²) in [6, 6.07) is 3.79. The molecule has 0 aliphatic carbocycles. The Hall–Kier alpha value is -2.82. The van der Waals surface area contributed by atoms with Gasteiger partial charge in [0.25, 0.3) is 0 Å². The zero-order chi connectivity index (χ0) is 23.3. The SMILES string of the molecule is CCCOc1cc2c(cc1C(C)=C(F)C=CC(C)=CC(=O)O)C(C(C)C)=CC(C)(C)O2. The zero-order valence-electron chi connectivity index (χ0n) is 19.5. The van der Waals surface area contributed by atoms with Gasteiger partial charge in [0.1, 0.15) is 22.9 Å². The summed E-state index contributed by atoms with van der Waals surface area (Å²) in [5.41, 5.74) is 3.17. The van der Waals surface area contributed by atoms with Crippen LogP contribution in [0.2, 0.25) is 0 Å². The van der Waals surface area contributed by atoms with Crippen molar-refractivity contribution < 1.29 is 23.8 Å². The predicted octanol–water partition coefficient (Wildman–Crippen LogP) is 6.97. The Labute approximate surface area is 184 Å². The highest BCUT2D eigenvalue weighted by atomic mass is 19.1. The molecule has 1 aliphatic heterocycles.